The van der Waals surface area contributed by atoms with Crippen LogP contribution < -0.4 is 5.73 Å². The lowest BCUT2D eigenvalue weighted by molar-refractivity contribution is -0.191. The fourth-order valence-electron chi connectivity index (χ4n) is 5.04. The van der Waals surface area contributed by atoms with E-state index >= 15 is 0 Å². The summed E-state index contributed by atoms with van der Waals surface area (Å²) in [6.07, 6.45) is 8.38. The van der Waals surface area contributed by atoms with Gasteiger partial charge in [0.15, 0.2) is 0 Å². The first-order chi connectivity index (χ1) is 15.5. The lowest BCUT2D eigenvalue weighted by Crippen LogP contribution is -2.39. The van der Waals surface area contributed by atoms with Gasteiger partial charge in [-0.05, 0) is 83.4 Å². The van der Waals surface area contributed by atoms with Gasteiger partial charge in [-0.15, -0.1) is 0 Å². The van der Waals surface area contributed by atoms with Crippen molar-refractivity contribution in [1.29, 1.82) is 0 Å². The van der Waals surface area contributed by atoms with Crippen molar-refractivity contribution in [3.8, 4) is 0 Å². The quantitative estimate of drug-likeness (QED) is 0.265. The molecule has 0 radical (unpaired) electrons. The minimum atomic E-state index is -1.18. The van der Waals surface area contributed by atoms with Gasteiger partial charge in [-0.2, -0.15) is 9.59 Å². The highest BCUT2D eigenvalue weighted by Gasteiger charge is 2.32. The number of aryl methyl sites for hydroxylation is 1. The number of unbranched alkanes of at least 4 members (excludes halogenated alkanes) is 1. The zero-order chi connectivity index (χ0) is 22.9. The molecule has 0 saturated heterocycles. The van der Waals surface area contributed by atoms with Gasteiger partial charge in [0.1, 0.15) is 0 Å². The van der Waals surface area contributed by atoms with Gasteiger partial charge in [0.05, 0.1) is 0 Å². The van der Waals surface area contributed by atoms with Crippen LogP contribution in [0.2, 0.25) is 6.32 Å². The molecule has 1 unspecified atom stereocenters. The first kappa shape index (κ1) is 24.2. The van der Waals surface area contributed by atoms with Crippen molar-refractivity contribution in [3.63, 3.8) is 0 Å². The summed E-state index contributed by atoms with van der Waals surface area (Å²) in [4.78, 5) is 16.2. The second-order valence-electron chi connectivity index (χ2n) is 8.95. The predicted molar refractivity (Wildman–Crippen MR) is 128 cm³/mol. The number of rotatable bonds is 9. The van der Waals surface area contributed by atoms with Gasteiger partial charge in [0.2, 0.25) is 0 Å². The predicted octanol–water partition coefficient (Wildman–Crippen LogP) is 4.34. The molecule has 6 heteroatoms. The monoisotopic (exact) mass is 433 g/mol. The molecule has 168 valence electrons. The SMILES string of the molecule is NC(CCCCB(O)O)C1CC(CCc2c3ccccc3cc3ccccc23)C1.O=C=O. The van der Waals surface area contributed by atoms with Crippen LogP contribution in [0.1, 0.15) is 44.1 Å². The molecule has 0 amide bonds. The Bertz CT molecular complexity index is 988. The Morgan fingerprint density at radius 1 is 0.969 bits per heavy atom. The molecule has 1 atom stereocenters. The Morgan fingerprint density at radius 2 is 1.53 bits per heavy atom. The third-order valence-corrected chi connectivity index (χ3v) is 6.81. The molecule has 4 N–H and O–H groups in total. The highest BCUT2D eigenvalue weighted by molar-refractivity contribution is 6.40. The minimum Gasteiger partial charge on any atom is -0.427 e. The van der Waals surface area contributed by atoms with E-state index in [0.717, 1.165) is 31.6 Å². The number of carbonyl (C=O) groups excluding carboxylic acids is 2. The highest BCUT2D eigenvalue weighted by Crippen LogP contribution is 2.40. The second kappa shape index (κ2) is 11.9. The maximum absolute atomic E-state index is 8.93. The minimum absolute atomic E-state index is 0.250. The fourth-order valence-corrected chi connectivity index (χ4v) is 5.04. The molecule has 0 aliphatic heterocycles. The van der Waals surface area contributed by atoms with Crippen molar-refractivity contribution in [2.24, 2.45) is 17.6 Å². The van der Waals surface area contributed by atoms with E-state index in [1.54, 1.807) is 0 Å². The molecule has 1 aliphatic rings. The summed E-state index contributed by atoms with van der Waals surface area (Å²) in [7, 11) is -1.18. The number of hydrogen-bond acceptors (Lipinski definition) is 5. The standard InChI is InChI=1S/C25H32BNO2.CO2/c27-25(11-5-6-14-26(28)29)21-15-18(16-21)12-13-24-22-9-3-1-7-19(22)17-20-8-2-4-10-23(20)24;2-1-3/h1-4,7-10,17-18,21,25,28-29H,5-6,11-16,27H2;. The summed E-state index contributed by atoms with van der Waals surface area (Å²) in [5, 5.41) is 23.3. The van der Waals surface area contributed by atoms with Crippen LogP contribution in [0.5, 0.6) is 0 Å². The Morgan fingerprint density at radius 3 is 2.09 bits per heavy atom. The molecule has 1 fully saturated rings. The molecule has 1 saturated carbocycles. The van der Waals surface area contributed by atoms with Gasteiger partial charge >= 0.3 is 13.3 Å². The average Bonchev–Trinajstić information content (AvgIpc) is 2.75. The highest BCUT2D eigenvalue weighted by atomic mass is 16.4. The first-order valence-corrected chi connectivity index (χ1v) is 11.5. The van der Waals surface area contributed by atoms with Crippen LogP contribution in [-0.4, -0.2) is 29.4 Å². The Kier molecular flexibility index (Phi) is 9.01. The molecule has 0 aromatic heterocycles. The van der Waals surface area contributed by atoms with Gasteiger partial charge in [-0.3, -0.25) is 0 Å². The third kappa shape index (κ3) is 6.27. The van der Waals surface area contributed by atoms with Gasteiger partial charge in [-0.25, -0.2) is 0 Å². The zero-order valence-electron chi connectivity index (χ0n) is 18.5. The van der Waals surface area contributed by atoms with Crippen molar-refractivity contribution >= 4 is 34.8 Å². The van der Waals surface area contributed by atoms with E-state index in [1.165, 1.54) is 46.4 Å². The van der Waals surface area contributed by atoms with E-state index in [0.29, 0.717) is 12.2 Å². The van der Waals surface area contributed by atoms with Gasteiger partial charge in [0, 0.05) is 6.04 Å². The average molecular weight is 433 g/mol. The lowest BCUT2D eigenvalue weighted by atomic mass is 9.68. The van der Waals surface area contributed by atoms with Crippen molar-refractivity contribution in [2.45, 2.75) is 57.3 Å². The summed E-state index contributed by atoms with van der Waals surface area (Å²) < 4.78 is 0. The van der Waals surface area contributed by atoms with E-state index in [9.17, 15) is 0 Å². The zero-order valence-corrected chi connectivity index (χ0v) is 18.5. The van der Waals surface area contributed by atoms with Crippen LogP contribution in [0, 0.1) is 11.8 Å². The van der Waals surface area contributed by atoms with Crippen LogP contribution in [0.15, 0.2) is 54.6 Å². The molecule has 5 nitrogen and oxygen atoms in total. The molecule has 0 bridgehead atoms. The lowest BCUT2D eigenvalue weighted by Gasteiger charge is -2.39. The van der Waals surface area contributed by atoms with Gasteiger partial charge < -0.3 is 15.8 Å². The smallest absolute Gasteiger partial charge is 0.427 e. The fraction of sp³-hybridized carbons (Fsp3) is 0.423. The van der Waals surface area contributed by atoms with Crippen molar-refractivity contribution in [3.05, 3.63) is 60.2 Å². The Labute approximate surface area is 189 Å². The molecule has 3 aromatic rings. The molecule has 1 aliphatic carbocycles. The van der Waals surface area contributed by atoms with Crippen LogP contribution in [-0.2, 0) is 16.0 Å². The summed E-state index contributed by atoms with van der Waals surface area (Å²) >= 11 is 0. The Balaban J connectivity index is 0.000000913. The molecular formula is C26H32BNO4. The summed E-state index contributed by atoms with van der Waals surface area (Å²) in [5.74, 6) is 1.42. The van der Waals surface area contributed by atoms with E-state index in [2.05, 4.69) is 54.6 Å². The van der Waals surface area contributed by atoms with Crippen LogP contribution in [0.25, 0.3) is 21.5 Å². The van der Waals surface area contributed by atoms with Crippen molar-refractivity contribution in [1.82, 2.24) is 0 Å². The van der Waals surface area contributed by atoms with Crippen LogP contribution >= 0.6 is 0 Å². The van der Waals surface area contributed by atoms with Gasteiger partial charge in [0.25, 0.3) is 0 Å². The van der Waals surface area contributed by atoms with Crippen molar-refractivity contribution < 1.29 is 19.6 Å². The molecule has 4 rings (SSSR count). The first-order valence-electron chi connectivity index (χ1n) is 11.5. The number of nitrogens with two attached hydrogens (primary N) is 1. The third-order valence-electron chi connectivity index (χ3n) is 6.81. The number of hydrogen-bond donors (Lipinski definition) is 3. The van der Waals surface area contributed by atoms with Crippen LogP contribution in [0.3, 0.4) is 0 Å². The second-order valence-corrected chi connectivity index (χ2v) is 8.95. The maximum Gasteiger partial charge on any atom is 0.451 e. The Hall–Kier alpha value is -2.50. The van der Waals surface area contributed by atoms with E-state index in [1.807, 2.05) is 0 Å². The molecule has 0 spiro atoms. The maximum atomic E-state index is 8.93. The van der Waals surface area contributed by atoms with E-state index in [4.69, 9.17) is 25.4 Å². The topological polar surface area (TPSA) is 101 Å². The van der Waals surface area contributed by atoms with Crippen LogP contribution in [0.4, 0.5) is 0 Å². The summed E-state index contributed by atoms with van der Waals surface area (Å²) in [6.45, 7) is 0. The largest absolute Gasteiger partial charge is 0.451 e. The van der Waals surface area contributed by atoms with Gasteiger partial charge in [-0.1, -0.05) is 61.4 Å². The molecular weight excluding hydrogens is 401 g/mol. The summed E-state index contributed by atoms with van der Waals surface area (Å²) in [6, 6.07) is 20.1. The van der Waals surface area contributed by atoms with Crippen molar-refractivity contribution in [2.75, 3.05) is 0 Å². The number of fused-ring (bicyclic) bond motifs is 2. The number of benzene rings is 3. The summed E-state index contributed by atoms with van der Waals surface area (Å²) in [5.41, 5.74) is 7.88. The molecule has 32 heavy (non-hydrogen) atoms. The normalized spacial score (nSPS) is 18.3. The molecule has 0 heterocycles. The van der Waals surface area contributed by atoms with E-state index in [-0.39, 0.29) is 12.2 Å². The van der Waals surface area contributed by atoms with E-state index < -0.39 is 7.12 Å². The molecule has 3 aromatic carbocycles.